The van der Waals surface area contributed by atoms with Crippen LogP contribution in [0, 0.1) is 6.92 Å². The van der Waals surface area contributed by atoms with Gasteiger partial charge in [0, 0.05) is 12.7 Å². The monoisotopic (exact) mass is 240 g/mol. The van der Waals surface area contributed by atoms with Crippen molar-refractivity contribution in [3.05, 3.63) is 29.3 Å². The standard InChI is InChI=1S/C12H16O5/c1-8-10(12(14)15)4-3-5-11(8)17-7-9(13)6-16-2/h3-5,9,13H,6-7H2,1-2H3,(H,14,15). The highest BCUT2D eigenvalue weighted by Gasteiger charge is 2.12. The molecule has 1 unspecified atom stereocenters. The molecule has 17 heavy (non-hydrogen) atoms. The zero-order chi connectivity index (χ0) is 12.8. The van der Waals surface area contributed by atoms with Crippen molar-refractivity contribution < 1.29 is 24.5 Å². The highest BCUT2D eigenvalue weighted by Crippen LogP contribution is 2.21. The van der Waals surface area contributed by atoms with Crippen LogP contribution in [0.3, 0.4) is 0 Å². The molecule has 0 fully saturated rings. The normalized spacial score (nSPS) is 12.2. The summed E-state index contributed by atoms with van der Waals surface area (Å²) in [6.07, 6.45) is -0.729. The van der Waals surface area contributed by atoms with E-state index < -0.39 is 12.1 Å². The molecular weight excluding hydrogens is 224 g/mol. The van der Waals surface area contributed by atoms with E-state index in [2.05, 4.69) is 0 Å². The first-order valence-corrected chi connectivity index (χ1v) is 5.19. The Labute approximate surface area is 99.6 Å². The van der Waals surface area contributed by atoms with Crippen molar-refractivity contribution in [2.24, 2.45) is 0 Å². The van der Waals surface area contributed by atoms with E-state index >= 15 is 0 Å². The van der Waals surface area contributed by atoms with Crippen LogP contribution >= 0.6 is 0 Å². The second-order valence-electron chi connectivity index (χ2n) is 3.65. The van der Waals surface area contributed by atoms with Gasteiger partial charge in [0.25, 0.3) is 0 Å². The van der Waals surface area contributed by atoms with Gasteiger partial charge in [0.15, 0.2) is 0 Å². The quantitative estimate of drug-likeness (QED) is 0.778. The summed E-state index contributed by atoms with van der Waals surface area (Å²) in [6.45, 7) is 1.91. The summed E-state index contributed by atoms with van der Waals surface area (Å²) < 4.78 is 10.1. The number of methoxy groups -OCH3 is 1. The van der Waals surface area contributed by atoms with E-state index in [4.69, 9.17) is 14.6 Å². The maximum absolute atomic E-state index is 10.9. The van der Waals surface area contributed by atoms with E-state index in [-0.39, 0.29) is 18.8 Å². The number of ether oxygens (including phenoxy) is 2. The highest BCUT2D eigenvalue weighted by molar-refractivity contribution is 5.90. The molecule has 0 saturated carbocycles. The Morgan fingerprint density at radius 3 is 2.71 bits per heavy atom. The van der Waals surface area contributed by atoms with Gasteiger partial charge in [-0.25, -0.2) is 4.79 Å². The van der Waals surface area contributed by atoms with Crippen LogP contribution in [-0.2, 0) is 4.74 Å². The summed E-state index contributed by atoms with van der Waals surface area (Å²) in [4.78, 5) is 10.9. The van der Waals surface area contributed by atoms with Crippen LogP contribution in [0.25, 0.3) is 0 Å². The van der Waals surface area contributed by atoms with Crippen molar-refractivity contribution in [3.63, 3.8) is 0 Å². The Hall–Kier alpha value is -1.59. The lowest BCUT2D eigenvalue weighted by atomic mass is 10.1. The summed E-state index contributed by atoms with van der Waals surface area (Å²) in [5, 5.41) is 18.3. The number of hydrogen-bond acceptors (Lipinski definition) is 4. The van der Waals surface area contributed by atoms with Gasteiger partial charge in [0.05, 0.1) is 12.2 Å². The molecule has 0 saturated heterocycles. The van der Waals surface area contributed by atoms with Crippen molar-refractivity contribution in [3.8, 4) is 5.75 Å². The lowest BCUT2D eigenvalue weighted by Crippen LogP contribution is -2.23. The largest absolute Gasteiger partial charge is 0.491 e. The van der Waals surface area contributed by atoms with Gasteiger partial charge < -0.3 is 19.7 Å². The van der Waals surface area contributed by atoms with Crippen LogP contribution in [0.15, 0.2) is 18.2 Å². The van der Waals surface area contributed by atoms with E-state index in [0.717, 1.165) is 0 Å². The molecule has 0 amide bonds. The minimum atomic E-state index is -0.995. The topological polar surface area (TPSA) is 76.0 Å². The minimum absolute atomic E-state index is 0.0672. The molecular formula is C12H16O5. The van der Waals surface area contributed by atoms with E-state index in [9.17, 15) is 9.90 Å². The van der Waals surface area contributed by atoms with Gasteiger partial charge in [-0.05, 0) is 19.1 Å². The lowest BCUT2D eigenvalue weighted by Gasteiger charge is -2.14. The van der Waals surface area contributed by atoms with Crippen LogP contribution < -0.4 is 4.74 Å². The molecule has 0 bridgehead atoms. The molecule has 2 N–H and O–H groups in total. The smallest absolute Gasteiger partial charge is 0.336 e. The van der Waals surface area contributed by atoms with Gasteiger partial charge >= 0.3 is 5.97 Å². The van der Waals surface area contributed by atoms with Gasteiger partial charge in [-0.2, -0.15) is 0 Å². The number of aliphatic hydroxyl groups is 1. The number of aromatic carboxylic acids is 1. The molecule has 1 aromatic carbocycles. The fraction of sp³-hybridized carbons (Fsp3) is 0.417. The van der Waals surface area contributed by atoms with Crippen molar-refractivity contribution in [2.75, 3.05) is 20.3 Å². The fourth-order valence-corrected chi connectivity index (χ4v) is 1.43. The molecule has 1 atom stereocenters. The van der Waals surface area contributed by atoms with Gasteiger partial charge in [-0.1, -0.05) is 6.07 Å². The number of hydrogen-bond donors (Lipinski definition) is 2. The Morgan fingerprint density at radius 2 is 2.12 bits per heavy atom. The molecule has 0 aliphatic carbocycles. The molecule has 94 valence electrons. The van der Waals surface area contributed by atoms with Crippen LogP contribution in [0.2, 0.25) is 0 Å². The van der Waals surface area contributed by atoms with Crippen LogP contribution in [-0.4, -0.2) is 42.6 Å². The maximum atomic E-state index is 10.9. The lowest BCUT2D eigenvalue weighted by molar-refractivity contribution is 0.0323. The van der Waals surface area contributed by atoms with Gasteiger partial charge in [0.2, 0.25) is 0 Å². The predicted octanol–water partition coefficient (Wildman–Crippen LogP) is 1.08. The third-order valence-electron chi connectivity index (χ3n) is 2.30. The summed E-state index contributed by atoms with van der Waals surface area (Å²) in [6, 6.07) is 4.78. The zero-order valence-corrected chi connectivity index (χ0v) is 9.84. The van der Waals surface area contributed by atoms with Crippen molar-refractivity contribution in [2.45, 2.75) is 13.0 Å². The molecule has 0 aliphatic rings. The number of carboxylic acids is 1. The molecule has 0 radical (unpaired) electrons. The average Bonchev–Trinajstić information content (AvgIpc) is 2.27. The van der Waals surface area contributed by atoms with Crippen molar-refractivity contribution in [1.29, 1.82) is 0 Å². The first-order valence-electron chi connectivity index (χ1n) is 5.19. The molecule has 5 nitrogen and oxygen atoms in total. The number of benzene rings is 1. The van der Waals surface area contributed by atoms with Crippen molar-refractivity contribution >= 4 is 5.97 Å². The van der Waals surface area contributed by atoms with E-state index in [1.165, 1.54) is 13.2 Å². The van der Waals surface area contributed by atoms with Crippen LogP contribution in [0.5, 0.6) is 5.75 Å². The SMILES string of the molecule is COCC(O)COc1cccc(C(=O)O)c1C. The average molecular weight is 240 g/mol. The van der Waals surface area contributed by atoms with Crippen molar-refractivity contribution in [1.82, 2.24) is 0 Å². The Balaban J connectivity index is 2.72. The minimum Gasteiger partial charge on any atom is -0.491 e. The third kappa shape index (κ3) is 3.72. The number of rotatable bonds is 6. The second-order valence-corrected chi connectivity index (χ2v) is 3.65. The summed E-state index contributed by atoms with van der Waals surface area (Å²) in [7, 11) is 1.49. The third-order valence-corrected chi connectivity index (χ3v) is 2.30. The Morgan fingerprint density at radius 1 is 1.41 bits per heavy atom. The molecule has 0 aliphatic heterocycles. The molecule has 5 heteroatoms. The number of carboxylic acid groups (broad SMARTS) is 1. The molecule has 1 aromatic rings. The Kier molecular flexibility index (Phi) is 4.93. The highest BCUT2D eigenvalue weighted by atomic mass is 16.5. The number of carbonyl (C=O) groups is 1. The summed E-state index contributed by atoms with van der Waals surface area (Å²) in [5.74, 6) is -0.537. The van der Waals surface area contributed by atoms with Gasteiger partial charge in [0.1, 0.15) is 18.5 Å². The predicted molar refractivity (Wildman–Crippen MR) is 61.5 cm³/mol. The Bertz CT molecular complexity index is 388. The molecule has 0 aromatic heterocycles. The summed E-state index contributed by atoms with van der Waals surface area (Å²) in [5.41, 5.74) is 0.744. The maximum Gasteiger partial charge on any atom is 0.336 e. The van der Waals surface area contributed by atoms with Gasteiger partial charge in [-0.3, -0.25) is 0 Å². The number of aliphatic hydroxyl groups excluding tert-OH is 1. The van der Waals surface area contributed by atoms with E-state index in [0.29, 0.717) is 11.3 Å². The molecule has 0 heterocycles. The molecule has 0 spiro atoms. The summed E-state index contributed by atoms with van der Waals surface area (Å²) >= 11 is 0. The fourth-order valence-electron chi connectivity index (χ4n) is 1.43. The molecule has 1 rings (SSSR count). The second kappa shape index (κ2) is 6.22. The first-order chi connectivity index (χ1) is 8.06. The van der Waals surface area contributed by atoms with E-state index in [1.54, 1.807) is 19.1 Å². The zero-order valence-electron chi connectivity index (χ0n) is 9.84. The van der Waals surface area contributed by atoms with E-state index in [1.807, 2.05) is 0 Å². The van der Waals surface area contributed by atoms with Gasteiger partial charge in [-0.15, -0.1) is 0 Å². The van der Waals surface area contributed by atoms with Crippen LogP contribution in [0.1, 0.15) is 15.9 Å². The first kappa shape index (κ1) is 13.5. The van der Waals surface area contributed by atoms with Crippen LogP contribution in [0.4, 0.5) is 0 Å².